The zero-order valence-electron chi connectivity index (χ0n) is 17.5. The van der Waals surface area contributed by atoms with Gasteiger partial charge in [0.25, 0.3) is 0 Å². The van der Waals surface area contributed by atoms with Crippen molar-refractivity contribution in [3.05, 3.63) is 71.7 Å². The molecule has 0 spiro atoms. The van der Waals surface area contributed by atoms with Crippen molar-refractivity contribution in [2.45, 2.75) is 46.1 Å². The lowest BCUT2D eigenvalue weighted by atomic mass is 10.0. The number of nitrogens with one attached hydrogen (secondary N) is 2. The van der Waals surface area contributed by atoms with Gasteiger partial charge in [0.15, 0.2) is 0 Å². The fourth-order valence-electron chi connectivity index (χ4n) is 3.70. The zero-order chi connectivity index (χ0) is 20.6. The molecule has 0 radical (unpaired) electrons. The Kier molecular flexibility index (Phi) is 7.06. The van der Waals surface area contributed by atoms with Gasteiger partial charge in [0.05, 0.1) is 12.0 Å². The predicted octanol–water partition coefficient (Wildman–Crippen LogP) is 5.20. The van der Waals surface area contributed by atoms with E-state index in [1.165, 1.54) is 16.8 Å². The molecule has 2 N–H and O–H groups in total. The Morgan fingerprint density at radius 2 is 1.86 bits per heavy atom. The molecule has 0 aliphatic carbocycles. The summed E-state index contributed by atoms with van der Waals surface area (Å²) in [6, 6.07) is 16.4. The van der Waals surface area contributed by atoms with E-state index in [2.05, 4.69) is 63.5 Å². The van der Waals surface area contributed by atoms with Crippen molar-refractivity contribution in [2.75, 3.05) is 12.4 Å². The van der Waals surface area contributed by atoms with Crippen molar-refractivity contribution in [1.29, 1.82) is 0 Å². The van der Waals surface area contributed by atoms with Gasteiger partial charge in [-0.05, 0) is 43.7 Å². The number of carbonyl (C=O) groups is 1. The summed E-state index contributed by atoms with van der Waals surface area (Å²) in [5.41, 5.74) is 6.74. The molecule has 5 nitrogen and oxygen atoms in total. The molecule has 5 heteroatoms. The third-order valence-electron chi connectivity index (χ3n) is 5.25. The SMILES string of the molecule is CCc1c(-c2ccccc2)ncn1CCCCc1cccc(C)c1NC(=O)NC. The van der Waals surface area contributed by atoms with E-state index in [1.54, 1.807) is 7.05 Å². The molecule has 0 saturated carbocycles. The molecular formula is C24H30N4O. The normalized spacial score (nSPS) is 10.7. The van der Waals surface area contributed by atoms with Crippen LogP contribution in [0.1, 0.15) is 36.6 Å². The summed E-state index contributed by atoms with van der Waals surface area (Å²) >= 11 is 0. The molecule has 0 aliphatic rings. The van der Waals surface area contributed by atoms with E-state index >= 15 is 0 Å². The minimum absolute atomic E-state index is 0.181. The molecule has 0 unspecified atom stereocenters. The van der Waals surface area contributed by atoms with E-state index in [1.807, 2.05) is 25.4 Å². The molecule has 0 fully saturated rings. The number of carbonyl (C=O) groups excluding carboxylic acids is 1. The van der Waals surface area contributed by atoms with Crippen LogP contribution < -0.4 is 10.6 Å². The molecule has 3 aromatic rings. The number of benzene rings is 2. The van der Waals surface area contributed by atoms with Crippen LogP contribution in [0.2, 0.25) is 0 Å². The summed E-state index contributed by atoms with van der Waals surface area (Å²) in [7, 11) is 1.63. The van der Waals surface area contributed by atoms with Gasteiger partial charge in [-0.3, -0.25) is 0 Å². The molecule has 3 rings (SSSR count). The van der Waals surface area contributed by atoms with Gasteiger partial charge in [0, 0.05) is 30.5 Å². The maximum absolute atomic E-state index is 11.8. The van der Waals surface area contributed by atoms with Crippen LogP contribution in [0, 0.1) is 6.92 Å². The Labute approximate surface area is 173 Å². The minimum Gasteiger partial charge on any atom is -0.341 e. The highest BCUT2D eigenvalue weighted by Crippen LogP contribution is 2.24. The van der Waals surface area contributed by atoms with Gasteiger partial charge >= 0.3 is 6.03 Å². The predicted molar refractivity (Wildman–Crippen MR) is 119 cm³/mol. The largest absolute Gasteiger partial charge is 0.341 e. The highest BCUT2D eigenvalue weighted by Gasteiger charge is 2.12. The summed E-state index contributed by atoms with van der Waals surface area (Å²) in [5, 5.41) is 5.59. The average molecular weight is 391 g/mol. The number of para-hydroxylation sites is 1. The lowest BCUT2D eigenvalue weighted by Gasteiger charge is -2.14. The van der Waals surface area contributed by atoms with Gasteiger partial charge in [-0.2, -0.15) is 0 Å². The van der Waals surface area contributed by atoms with Gasteiger partial charge in [-0.15, -0.1) is 0 Å². The Hall–Kier alpha value is -3.08. The van der Waals surface area contributed by atoms with Crippen LogP contribution in [0.25, 0.3) is 11.3 Å². The van der Waals surface area contributed by atoms with E-state index in [4.69, 9.17) is 0 Å². The number of amides is 2. The Morgan fingerprint density at radius 3 is 2.59 bits per heavy atom. The van der Waals surface area contributed by atoms with Gasteiger partial charge < -0.3 is 15.2 Å². The number of anilines is 1. The second kappa shape index (κ2) is 9.92. The van der Waals surface area contributed by atoms with Crippen LogP contribution in [-0.4, -0.2) is 22.6 Å². The maximum Gasteiger partial charge on any atom is 0.318 e. The van der Waals surface area contributed by atoms with Crippen LogP contribution in [0.15, 0.2) is 54.9 Å². The van der Waals surface area contributed by atoms with E-state index in [0.29, 0.717) is 0 Å². The van der Waals surface area contributed by atoms with Crippen LogP contribution in [0.5, 0.6) is 0 Å². The quantitative estimate of drug-likeness (QED) is 0.520. The molecule has 2 aromatic carbocycles. The first-order chi connectivity index (χ1) is 14.1. The molecule has 0 aliphatic heterocycles. The van der Waals surface area contributed by atoms with Crippen molar-refractivity contribution < 1.29 is 4.79 Å². The summed E-state index contributed by atoms with van der Waals surface area (Å²) in [4.78, 5) is 16.4. The fourth-order valence-corrected chi connectivity index (χ4v) is 3.70. The first kappa shape index (κ1) is 20.6. The second-order valence-corrected chi connectivity index (χ2v) is 7.22. The Morgan fingerprint density at radius 1 is 1.07 bits per heavy atom. The number of urea groups is 1. The standard InChI is InChI=1S/C24H30N4O/c1-4-21-23(20-12-6-5-7-13-20)26-17-28(21)16-9-8-14-19-15-10-11-18(2)22(19)27-24(29)25-3/h5-7,10-13,15,17H,4,8-9,14,16H2,1-3H3,(H2,25,27,29). The molecule has 0 saturated heterocycles. The molecule has 2 amide bonds. The lowest BCUT2D eigenvalue weighted by Crippen LogP contribution is -2.25. The lowest BCUT2D eigenvalue weighted by molar-refractivity contribution is 0.254. The van der Waals surface area contributed by atoms with Crippen molar-refractivity contribution in [3.63, 3.8) is 0 Å². The Balaban J connectivity index is 1.63. The number of nitrogens with zero attached hydrogens (tertiary/aromatic N) is 2. The van der Waals surface area contributed by atoms with Gasteiger partial charge in [0.1, 0.15) is 0 Å². The van der Waals surface area contributed by atoms with E-state index in [9.17, 15) is 4.79 Å². The van der Waals surface area contributed by atoms with Crippen LogP contribution >= 0.6 is 0 Å². The van der Waals surface area contributed by atoms with Crippen molar-refractivity contribution in [2.24, 2.45) is 0 Å². The molecule has 1 heterocycles. The number of rotatable bonds is 8. The third kappa shape index (κ3) is 5.05. The third-order valence-corrected chi connectivity index (χ3v) is 5.25. The Bertz CT molecular complexity index is 947. The first-order valence-corrected chi connectivity index (χ1v) is 10.3. The van der Waals surface area contributed by atoms with Gasteiger partial charge in [-0.1, -0.05) is 55.5 Å². The van der Waals surface area contributed by atoms with Crippen molar-refractivity contribution in [3.8, 4) is 11.3 Å². The fraction of sp³-hybridized carbons (Fsp3) is 0.333. The van der Waals surface area contributed by atoms with Crippen LogP contribution in [-0.2, 0) is 19.4 Å². The summed E-state index contributed by atoms with van der Waals surface area (Å²) in [5.74, 6) is 0. The molecule has 1 aromatic heterocycles. The maximum atomic E-state index is 11.8. The van der Waals surface area contributed by atoms with Crippen molar-refractivity contribution in [1.82, 2.24) is 14.9 Å². The van der Waals surface area contributed by atoms with E-state index < -0.39 is 0 Å². The highest BCUT2D eigenvalue weighted by atomic mass is 16.2. The van der Waals surface area contributed by atoms with Crippen molar-refractivity contribution >= 4 is 11.7 Å². The summed E-state index contributed by atoms with van der Waals surface area (Å²) < 4.78 is 2.28. The number of imidazole rings is 1. The molecule has 0 atom stereocenters. The zero-order valence-corrected chi connectivity index (χ0v) is 17.5. The average Bonchev–Trinajstić information content (AvgIpc) is 3.16. The summed E-state index contributed by atoms with van der Waals surface area (Å²) in [6.07, 6.45) is 5.97. The monoisotopic (exact) mass is 390 g/mol. The number of hydrogen-bond donors (Lipinski definition) is 2. The molecule has 152 valence electrons. The van der Waals surface area contributed by atoms with Crippen LogP contribution in [0.3, 0.4) is 0 Å². The minimum atomic E-state index is -0.181. The van der Waals surface area contributed by atoms with E-state index in [-0.39, 0.29) is 6.03 Å². The molecule has 29 heavy (non-hydrogen) atoms. The topological polar surface area (TPSA) is 59.0 Å². The number of aryl methyl sites for hydroxylation is 3. The van der Waals surface area contributed by atoms with Crippen LogP contribution in [0.4, 0.5) is 10.5 Å². The second-order valence-electron chi connectivity index (χ2n) is 7.22. The van der Waals surface area contributed by atoms with Gasteiger partial charge in [-0.25, -0.2) is 9.78 Å². The smallest absolute Gasteiger partial charge is 0.318 e. The first-order valence-electron chi connectivity index (χ1n) is 10.3. The number of hydrogen-bond acceptors (Lipinski definition) is 2. The van der Waals surface area contributed by atoms with Gasteiger partial charge in [0.2, 0.25) is 0 Å². The molecule has 0 bridgehead atoms. The number of aromatic nitrogens is 2. The summed E-state index contributed by atoms with van der Waals surface area (Å²) in [6.45, 7) is 5.16. The molecular weight excluding hydrogens is 360 g/mol. The highest BCUT2D eigenvalue weighted by molar-refractivity contribution is 5.90. The van der Waals surface area contributed by atoms with E-state index in [0.717, 1.165) is 49.2 Å². The number of unbranched alkanes of at least 4 members (excludes halogenated alkanes) is 1.